The number of rotatable bonds is 5. The zero-order chi connectivity index (χ0) is 14.7. The molecule has 1 aliphatic heterocycles. The lowest BCUT2D eigenvalue weighted by Crippen LogP contribution is -2.43. The molecule has 0 bridgehead atoms. The minimum absolute atomic E-state index is 0.0196. The van der Waals surface area contributed by atoms with E-state index < -0.39 is 0 Å². The van der Waals surface area contributed by atoms with Crippen LogP contribution in [0.4, 0.5) is 0 Å². The Labute approximate surface area is 122 Å². The van der Waals surface area contributed by atoms with Gasteiger partial charge in [0.25, 0.3) is 5.91 Å². The molecule has 7 heteroatoms. The number of hydrogen-bond acceptors (Lipinski definition) is 5. The Morgan fingerprint density at radius 2 is 2.05 bits per heavy atom. The van der Waals surface area contributed by atoms with Crippen LogP contribution in [0.25, 0.3) is 0 Å². The summed E-state index contributed by atoms with van der Waals surface area (Å²) in [6, 6.07) is 7.72. The number of nitrogens with zero attached hydrogens (tertiary/aromatic N) is 3. The Morgan fingerprint density at radius 1 is 1.33 bits per heavy atom. The zero-order valence-electron chi connectivity index (χ0n) is 11.5. The van der Waals surface area contributed by atoms with Crippen molar-refractivity contribution in [2.75, 3.05) is 13.1 Å². The average molecular weight is 287 g/mol. The van der Waals surface area contributed by atoms with Gasteiger partial charge < -0.3 is 15.7 Å². The molecule has 1 aliphatic rings. The molecule has 110 valence electrons. The Kier molecular flexibility index (Phi) is 3.94. The van der Waals surface area contributed by atoms with E-state index in [0.29, 0.717) is 18.3 Å². The van der Waals surface area contributed by atoms with Gasteiger partial charge in [0.2, 0.25) is 0 Å². The summed E-state index contributed by atoms with van der Waals surface area (Å²) in [4.78, 5) is 12.0. The van der Waals surface area contributed by atoms with Gasteiger partial charge in [-0.3, -0.25) is 4.79 Å². The molecule has 1 amide bonds. The molecule has 2 heterocycles. The van der Waals surface area contributed by atoms with E-state index in [1.807, 2.05) is 24.3 Å². The van der Waals surface area contributed by atoms with Crippen molar-refractivity contribution in [3.8, 4) is 0 Å². The van der Waals surface area contributed by atoms with Gasteiger partial charge in [-0.05, 0) is 11.1 Å². The lowest BCUT2D eigenvalue weighted by atomic mass is 10.1. The molecule has 0 saturated carbocycles. The van der Waals surface area contributed by atoms with Crippen molar-refractivity contribution in [2.45, 2.75) is 19.2 Å². The second-order valence-corrected chi connectivity index (χ2v) is 5.05. The number of aromatic nitrogens is 3. The predicted molar refractivity (Wildman–Crippen MR) is 75.5 cm³/mol. The first-order valence-electron chi connectivity index (χ1n) is 6.85. The van der Waals surface area contributed by atoms with E-state index >= 15 is 0 Å². The van der Waals surface area contributed by atoms with Crippen LogP contribution in [0.1, 0.15) is 27.7 Å². The van der Waals surface area contributed by atoms with Crippen molar-refractivity contribution in [3.63, 3.8) is 0 Å². The standard InChI is InChI=1S/C14H17N5O2/c20-9-11-3-1-10(2-4-11)5-16-14(21)13-8-19(18-17-13)12-6-15-7-12/h1-4,8,12,15,20H,5-7,9H2,(H,16,21). The number of aliphatic hydroxyl groups is 1. The fourth-order valence-corrected chi connectivity index (χ4v) is 2.06. The van der Waals surface area contributed by atoms with Crippen molar-refractivity contribution in [1.29, 1.82) is 0 Å². The molecule has 0 atom stereocenters. The SMILES string of the molecule is O=C(NCc1ccc(CO)cc1)c1cn(C2CNC2)nn1. The monoisotopic (exact) mass is 287 g/mol. The van der Waals surface area contributed by atoms with Crippen LogP contribution in [-0.4, -0.2) is 39.1 Å². The van der Waals surface area contributed by atoms with E-state index in [2.05, 4.69) is 20.9 Å². The van der Waals surface area contributed by atoms with Gasteiger partial charge in [0.15, 0.2) is 5.69 Å². The fraction of sp³-hybridized carbons (Fsp3) is 0.357. The van der Waals surface area contributed by atoms with Gasteiger partial charge in [-0.25, -0.2) is 4.68 Å². The number of amides is 1. The molecule has 0 aliphatic carbocycles. The second kappa shape index (κ2) is 6.02. The second-order valence-electron chi connectivity index (χ2n) is 5.05. The summed E-state index contributed by atoms with van der Waals surface area (Å²) in [5.74, 6) is -0.236. The van der Waals surface area contributed by atoms with Gasteiger partial charge in [-0.2, -0.15) is 0 Å². The van der Waals surface area contributed by atoms with Gasteiger partial charge in [0, 0.05) is 19.6 Å². The Hall–Kier alpha value is -2.25. The number of nitrogens with one attached hydrogen (secondary N) is 2. The molecule has 21 heavy (non-hydrogen) atoms. The first kappa shape index (κ1) is 13.7. The quantitative estimate of drug-likeness (QED) is 0.711. The highest BCUT2D eigenvalue weighted by Gasteiger charge is 2.21. The number of carbonyl (C=O) groups is 1. The number of benzene rings is 1. The molecular weight excluding hydrogens is 270 g/mol. The average Bonchev–Trinajstić information content (AvgIpc) is 2.93. The summed E-state index contributed by atoms with van der Waals surface area (Å²) in [5.41, 5.74) is 2.15. The zero-order valence-corrected chi connectivity index (χ0v) is 11.5. The maximum Gasteiger partial charge on any atom is 0.273 e. The van der Waals surface area contributed by atoms with Crippen LogP contribution in [0, 0.1) is 0 Å². The molecular formula is C14H17N5O2. The molecule has 3 rings (SSSR count). The number of aliphatic hydroxyl groups excluding tert-OH is 1. The molecule has 2 aromatic rings. The first-order chi connectivity index (χ1) is 10.3. The third-order valence-corrected chi connectivity index (χ3v) is 3.54. The minimum atomic E-state index is -0.236. The van der Waals surface area contributed by atoms with Crippen molar-refractivity contribution in [3.05, 3.63) is 47.3 Å². The molecule has 0 unspecified atom stereocenters. The van der Waals surface area contributed by atoms with E-state index in [4.69, 9.17) is 5.11 Å². The maximum atomic E-state index is 12.0. The van der Waals surface area contributed by atoms with E-state index in [1.165, 1.54) is 0 Å². The highest BCUT2D eigenvalue weighted by molar-refractivity contribution is 5.91. The van der Waals surface area contributed by atoms with Crippen LogP contribution in [0.5, 0.6) is 0 Å². The molecule has 3 N–H and O–H groups in total. The molecule has 1 aromatic heterocycles. The largest absolute Gasteiger partial charge is 0.392 e. The van der Waals surface area contributed by atoms with Crippen molar-refractivity contribution in [1.82, 2.24) is 25.6 Å². The summed E-state index contributed by atoms with van der Waals surface area (Å²) in [6.07, 6.45) is 1.68. The van der Waals surface area contributed by atoms with Crippen molar-refractivity contribution in [2.24, 2.45) is 0 Å². The lowest BCUT2D eigenvalue weighted by molar-refractivity contribution is 0.0945. The molecule has 1 aromatic carbocycles. The van der Waals surface area contributed by atoms with Gasteiger partial charge in [0.1, 0.15) is 0 Å². The van der Waals surface area contributed by atoms with Gasteiger partial charge in [-0.1, -0.05) is 29.5 Å². The molecule has 0 radical (unpaired) electrons. The van der Waals surface area contributed by atoms with Crippen LogP contribution in [-0.2, 0) is 13.2 Å². The van der Waals surface area contributed by atoms with Crippen molar-refractivity contribution >= 4 is 5.91 Å². The summed E-state index contributed by atoms with van der Waals surface area (Å²) >= 11 is 0. The molecule has 0 spiro atoms. The summed E-state index contributed by atoms with van der Waals surface area (Å²) in [7, 11) is 0. The topological polar surface area (TPSA) is 92.1 Å². The lowest BCUT2D eigenvalue weighted by Gasteiger charge is -2.26. The molecule has 7 nitrogen and oxygen atoms in total. The van der Waals surface area contributed by atoms with Gasteiger partial charge >= 0.3 is 0 Å². The van der Waals surface area contributed by atoms with Crippen LogP contribution in [0.15, 0.2) is 30.5 Å². The minimum Gasteiger partial charge on any atom is -0.392 e. The molecule has 1 saturated heterocycles. The van der Waals surface area contributed by atoms with Crippen LogP contribution < -0.4 is 10.6 Å². The first-order valence-corrected chi connectivity index (χ1v) is 6.85. The summed E-state index contributed by atoms with van der Waals surface area (Å²) < 4.78 is 1.72. The number of carbonyl (C=O) groups excluding carboxylic acids is 1. The Bertz CT molecular complexity index is 619. The third-order valence-electron chi connectivity index (χ3n) is 3.54. The van der Waals surface area contributed by atoms with Gasteiger partial charge in [0.05, 0.1) is 18.8 Å². The van der Waals surface area contributed by atoms with Crippen molar-refractivity contribution < 1.29 is 9.90 Å². The smallest absolute Gasteiger partial charge is 0.273 e. The molecule has 1 fully saturated rings. The van der Waals surface area contributed by atoms with Crippen LogP contribution in [0.2, 0.25) is 0 Å². The highest BCUT2D eigenvalue weighted by Crippen LogP contribution is 2.10. The van der Waals surface area contributed by atoms with E-state index in [0.717, 1.165) is 24.2 Å². The Morgan fingerprint density at radius 3 is 2.67 bits per heavy atom. The normalized spacial score (nSPS) is 14.7. The third kappa shape index (κ3) is 3.09. The van der Waals surface area contributed by atoms with Gasteiger partial charge in [-0.15, -0.1) is 5.10 Å². The highest BCUT2D eigenvalue weighted by atomic mass is 16.3. The summed E-state index contributed by atoms with van der Waals surface area (Å²) in [6.45, 7) is 2.16. The Balaban J connectivity index is 1.56. The predicted octanol–water partition coefficient (Wildman–Crippen LogP) is -0.155. The van der Waals surface area contributed by atoms with Crippen LogP contribution in [0.3, 0.4) is 0 Å². The van der Waals surface area contributed by atoms with E-state index in [-0.39, 0.29) is 12.5 Å². The summed E-state index contributed by atoms with van der Waals surface area (Å²) in [5, 5.41) is 22.8. The van der Waals surface area contributed by atoms with E-state index in [1.54, 1.807) is 10.9 Å². The van der Waals surface area contributed by atoms with Crippen LogP contribution >= 0.6 is 0 Å². The number of hydrogen-bond donors (Lipinski definition) is 3. The fourth-order valence-electron chi connectivity index (χ4n) is 2.06. The van der Waals surface area contributed by atoms with E-state index in [9.17, 15) is 4.79 Å². The maximum absolute atomic E-state index is 12.0.